The second-order valence-electron chi connectivity index (χ2n) is 4.36. The Kier molecular flexibility index (Phi) is 2.76. The Balaban J connectivity index is 2.33. The van der Waals surface area contributed by atoms with E-state index < -0.39 is 10.0 Å². The van der Waals surface area contributed by atoms with Crippen LogP contribution < -0.4 is 16.2 Å². The van der Waals surface area contributed by atoms with Crippen LogP contribution in [0.15, 0.2) is 23.1 Å². The summed E-state index contributed by atoms with van der Waals surface area (Å²) < 4.78 is 22.4. The van der Waals surface area contributed by atoms with Gasteiger partial charge in [-0.05, 0) is 31.0 Å². The van der Waals surface area contributed by atoms with Crippen molar-refractivity contribution >= 4 is 21.4 Å². The maximum Gasteiger partial charge on any atom is 0.238 e. The van der Waals surface area contributed by atoms with Crippen molar-refractivity contribution in [2.75, 3.05) is 17.7 Å². The molecule has 94 valence electrons. The number of aliphatic hydroxyl groups is 1. The van der Waals surface area contributed by atoms with Crippen molar-refractivity contribution in [3.05, 3.63) is 18.2 Å². The first-order valence-corrected chi connectivity index (χ1v) is 6.72. The number of nitrogen functional groups attached to an aromatic ring is 1. The molecule has 0 heterocycles. The Hall–Kier alpha value is -1.31. The van der Waals surface area contributed by atoms with Crippen molar-refractivity contribution < 1.29 is 13.5 Å². The molecule has 17 heavy (non-hydrogen) atoms. The molecule has 0 amide bonds. The minimum Gasteiger partial charge on any atom is -0.397 e. The van der Waals surface area contributed by atoms with Gasteiger partial charge in [-0.3, -0.25) is 0 Å². The third kappa shape index (κ3) is 2.51. The van der Waals surface area contributed by atoms with Crippen molar-refractivity contribution in [2.45, 2.75) is 23.3 Å². The van der Waals surface area contributed by atoms with E-state index in [4.69, 9.17) is 10.9 Å². The summed E-state index contributed by atoms with van der Waals surface area (Å²) in [6.45, 7) is -0.00789. The second kappa shape index (κ2) is 3.86. The van der Waals surface area contributed by atoms with Crippen LogP contribution in [0.4, 0.5) is 11.4 Å². The van der Waals surface area contributed by atoms with E-state index in [1.54, 1.807) is 0 Å². The minimum atomic E-state index is -3.74. The fourth-order valence-electron chi connectivity index (χ4n) is 1.58. The van der Waals surface area contributed by atoms with Gasteiger partial charge in [0.1, 0.15) is 0 Å². The van der Waals surface area contributed by atoms with E-state index in [1.807, 2.05) is 0 Å². The van der Waals surface area contributed by atoms with Crippen LogP contribution in [-0.4, -0.2) is 25.7 Å². The van der Waals surface area contributed by atoms with Crippen molar-refractivity contribution in [3.63, 3.8) is 0 Å². The number of nitrogens with one attached hydrogen (secondary N) is 1. The summed E-state index contributed by atoms with van der Waals surface area (Å²) in [6, 6.07) is 4.23. The van der Waals surface area contributed by atoms with Gasteiger partial charge < -0.3 is 16.2 Å². The van der Waals surface area contributed by atoms with Gasteiger partial charge >= 0.3 is 0 Å². The molecule has 7 heteroatoms. The van der Waals surface area contributed by atoms with Crippen LogP contribution in [0.3, 0.4) is 0 Å². The molecule has 0 aliphatic heterocycles. The molecule has 6 N–H and O–H groups in total. The standard InChI is InChI=1S/C10H15N3O3S/c11-8-2-1-7(17(12,15)16)5-9(8)13-10(6-14)3-4-10/h1-2,5,13-14H,3-4,6,11H2,(H2,12,15,16). The van der Waals surface area contributed by atoms with Crippen molar-refractivity contribution in [1.29, 1.82) is 0 Å². The van der Waals surface area contributed by atoms with E-state index in [0.717, 1.165) is 12.8 Å². The molecule has 0 atom stereocenters. The number of aliphatic hydroxyl groups excluding tert-OH is 1. The topological polar surface area (TPSA) is 118 Å². The number of hydrogen-bond acceptors (Lipinski definition) is 5. The zero-order valence-electron chi connectivity index (χ0n) is 9.18. The number of rotatable bonds is 4. The highest BCUT2D eigenvalue weighted by molar-refractivity contribution is 7.89. The molecule has 1 aromatic carbocycles. The first kappa shape index (κ1) is 12.2. The van der Waals surface area contributed by atoms with Crippen LogP contribution in [0.2, 0.25) is 0 Å². The lowest BCUT2D eigenvalue weighted by Crippen LogP contribution is -2.26. The largest absolute Gasteiger partial charge is 0.397 e. The van der Waals surface area contributed by atoms with E-state index in [9.17, 15) is 13.5 Å². The molecule has 0 unspecified atom stereocenters. The van der Waals surface area contributed by atoms with Gasteiger partial charge in [0.05, 0.1) is 28.4 Å². The third-order valence-electron chi connectivity index (χ3n) is 2.91. The van der Waals surface area contributed by atoms with E-state index in [1.165, 1.54) is 18.2 Å². The van der Waals surface area contributed by atoms with Gasteiger partial charge in [-0.15, -0.1) is 0 Å². The minimum absolute atomic E-state index is 0.00272. The zero-order chi connectivity index (χ0) is 12.7. The summed E-state index contributed by atoms with van der Waals surface area (Å²) in [5, 5.41) is 17.3. The van der Waals surface area contributed by atoms with E-state index in [-0.39, 0.29) is 17.0 Å². The number of anilines is 2. The molecule has 6 nitrogen and oxygen atoms in total. The number of sulfonamides is 1. The second-order valence-corrected chi connectivity index (χ2v) is 5.92. The molecule has 0 saturated heterocycles. The van der Waals surface area contributed by atoms with Gasteiger partial charge in [0.2, 0.25) is 10.0 Å². The van der Waals surface area contributed by atoms with Crippen molar-refractivity contribution in [3.8, 4) is 0 Å². The van der Waals surface area contributed by atoms with Gasteiger partial charge in [-0.25, -0.2) is 13.6 Å². The molecule has 1 aliphatic carbocycles. The molecular formula is C10H15N3O3S. The summed E-state index contributed by atoms with van der Waals surface area (Å²) in [5.41, 5.74) is 6.30. The third-order valence-corrected chi connectivity index (χ3v) is 3.82. The average molecular weight is 257 g/mol. The molecule has 1 aromatic rings. The van der Waals surface area contributed by atoms with E-state index >= 15 is 0 Å². The van der Waals surface area contributed by atoms with Gasteiger partial charge in [0.15, 0.2) is 0 Å². The highest BCUT2D eigenvalue weighted by Crippen LogP contribution is 2.40. The summed E-state index contributed by atoms with van der Waals surface area (Å²) in [7, 11) is -3.74. The highest BCUT2D eigenvalue weighted by Gasteiger charge is 2.42. The lowest BCUT2D eigenvalue weighted by atomic mass is 10.2. The van der Waals surface area contributed by atoms with Crippen molar-refractivity contribution in [1.82, 2.24) is 0 Å². The predicted molar refractivity (Wildman–Crippen MR) is 64.9 cm³/mol. The summed E-state index contributed by atoms with van der Waals surface area (Å²) in [4.78, 5) is 0.00272. The van der Waals surface area contributed by atoms with Crippen LogP contribution in [0.1, 0.15) is 12.8 Å². The average Bonchev–Trinajstić information content (AvgIpc) is 3.00. The summed E-state index contributed by atoms with van der Waals surface area (Å²) in [5.74, 6) is 0. The Morgan fingerprint density at radius 2 is 2.06 bits per heavy atom. The quantitative estimate of drug-likeness (QED) is 0.559. The predicted octanol–water partition coefficient (Wildman–Crippen LogP) is -0.147. The van der Waals surface area contributed by atoms with Crippen LogP contribution >= 0.6 is 0 Å². The lowest BCUT2D eigenvalue weighted by Gasteiger charge is -2.18. The number of benzene rings is 1. The van der Waals surface area contributed by atoms with Crippen LogP contribution in [-0.2, 0) is 10.0 Å². The molecule has 0 aromatic heterocycles. The molecule has 1 aliphatic rings. The first-order chi connectivity index (χ1) is 7.86. The number of nitrogens with two attached hydrogens (primary N) is 2. The Bertz CT molecular complexity index is 538. The summed E-state index contributed by atoms with van der Waals surface area (Å²) in [6.07, 6.45) is 1.67. The van der Waals surface area contributed by atoms with E-state index in [0.29, 0.717) is 11.4 Å². The maximum absolute atomic E-state index is 11.2. The highest BCUT2D eigenvalue weighted by atomic mass is 32.2. The van der Waals surface area contributed by atoms with Gasteiger partial charge in [0, 0.05) is 0 Å². The smallest absolute Gasteiger partial charge is 0.238 e. The van der Waals surface area contributed by atoms with Gasteiger partial charge in [0.25, 0.3) is 0 Å². The fourth-order valence-corrected chi connectivity index (χ4v) is 2.12. The first-order valence-electron chi connectivity index (χ1n) is 5.18. The fraction of sp³-hybridized carbons (Fsp3) is 0.400. The van der Waals surface area contributed by atoms with Crippen molar-refractivity contribution in [2.24, 2.45) is 5.14 Å². The van der Waals surface area contributed by atoms with Crippen LogP contribution in [0, 0.1) is 0 Å². The monoisotopic (exact) mass is 257 g/mol. The molecule has 0 spiro atoms. The maximum atomic E-state index is 11.2. The number of hydrogen-bond donors (Lipinski definition) is 4. The van der Waals surface area contributed by atoms with Gasteiger partial charge in [-0.2, -0.15) is 0 Å². The Morgan fingerprint density at radius 1 is 1.41 bits per heavy atom. The summed E-state index contributed by atoms with van der Waals surface area (Å²) >= 11 is 0. The Labute approximate surface area is 99.7 Å². The zero-order valence-corrected chi connectivity index (χ0v) is 10.00. The van der Waals surface area contributed by atoms with E-state index in [2.05, 4.69) is 5.32 Å². The molecule has 0 bridgehead atoms. The van der Waals surface area contributed by atoms with Crippen LogP contribution in [0.5, 0.6) is 0 Å². The van der Waals surface area contributed by atoms with Gasteiger partial charge in [-0.1, -0.05) is 0 Å². The molecule has 2 rings (SSSR count). The molecule has 1 saturated carbocycles. The lowest BCUT2D eigenvalue weighted by molar-refractivity contribution is 0.266. The number of primary sulfonamides is 1. The molecule has 1 fully saturated rings. The normalized spacial score (nSPS) is 17.8. The molecule has 0 radical (unpaired) electrons. The Morgan fingerprint density at radius 3 is 2.53 bits per heavy atom. The molecular weight excluding hydrogens is 242 g/mol. The van der Waals surface area contributed by atoms with Crippen LogP contribution in [0.25, 0.3) is 0 Å². The SMILES string of the molecule is Nc1ccc(S(N)(=O)=O)cc1NC1(CO)CC1.